The molecule has 4 atom stereocenters. The Morgan fingerprint density at radius 1 is 0.429 bits per heavy atom. The molecule has 0 spiro atoms. The molecule has 0 N–H and O–H groups in total. The number of thiophene rings is 2. The molecule has 84 heavy (non-hydrogen) atoms. The van der Waals surface area contributed by atoms with Gasteiger partial charge in [0, 0.05) is 35.9 Å². The number of carbonyl (C=O) groups excluding carboxylic acids is 4. The molecule has 4 unspecified atom stereocenters. The Morgan fingerprint density at radius 3 is 1.27 bits per heavy atom. The first-order valence-corrected chi connectivity index (χ1v) is 34.2. The fourth-order valence-corrected chi connectivity index (χ4v) is 14.6. The molecule has 2 aliphatic heterocycles. The Labute approximate surface area is 517 Å². The van der Waals surface area contributed by atoms with Crippen LogP contribution in [0.25, 0.3) is 32.5 Å². The average Bonchev–Trinajstić information content (AvgIpc) is 4.45. The highest BCUT2D eigenvalue weighted by Crippen LogP contribution is 2.47. The predicted octanol–water partition coefficient (Wildman–Crippen LogP) is 19.8. The van der Waals surface area contributed by atoms with Crippen molar-refractivity contribution in [1.29, 1.82) is 0 Å². The van der Waals surface area contributed by atoms with Crippen LogP contribution in [0, 0.1) is 47.3 Å². The van der Waals surface area contributed by atoms with Gasteiger partial charge in [-0.3, -0.25) is 19.2 Å². The molecule has 0 radical (unpaired) electrons. The third-order valence-corrected chi connectivity index (χ3v) is 19.9. The Bertz CT molecular complexity index is 2870. The molecule has 0 saturated heterocycles. The molecule has 8 nitrogen and oxygen atoms in total. The highest BCUT2D eigenvalue weighted by molar-refractivity contribution is 7.23. The summed E-state index contributed by atoms with van der Waals surface area (Å²) in [4.78, 5) is 69.7. The molecule has 458 valence electrons. The molecular weight excluding hydrogens is 1070 g/mol. The van der Waals surface area contributed by atoms with E-state index in [-0.39, 0.29) is 11.8 Å². The molecule has 4 amide bonds. The first-order valence-electron chi connectivity index (χ1n) is 32.5. The molecule has 2 aliphatic rings. The molecule has 0 fully saturated rings. The second-order valence-electron chi connectivity index (χ2n) is 26.8. The lowest BCUT2D eigenvalue weighted by atomic mass is 9.96. The van der Waals surface area contributed by atoms with Gasteiger partial charge < -0.3 is 19.6 Å². The monoisotopic (exact) mass is 1180 g/mol. The number of benzene rings is 2. The second kappa shape index (κ2) is 33.5. The van der Waals surface area contributed by atoms with E-state index in [1.807, 2.05) is 63.2 Å². The van der Waals surface area contributed by atoms with Gasteiger partial charge >= 0.3 is 0 Å². The Kier molecular flexibility index (Phi) is 27.1. The summed E-state index contributed by atoms with van der Waals surface area (Å²) in [7, 11) is 0. The van der Waals surface area contributed by atoms with Crippen molar-refractivity contribution >= 4 is 70.1 Å². The maximum atomic E-state index is 15.5. The van der Waals surface area contributed by atoms with Crippen molar-refractivity contribution in [2.45, 2.75) is 200 Å². The summed E-state index contributed by atoms with van der Waals surface area (Å²) in [6.45, 7) is 33.8. The SMILES string of the molecule is CC1=C(c2ccc(-c3ccc(/C(=C4\C(=O)N(CCC(C)CCCC(C)C)C(c5ccccc5)=C4C)N(C=O)CCC(C)CCCC(C)C)s3)s2)N(CCC(C)CCCC(C)C)C(=O)/C1=C(\c1ccccc1)N(C=O)CCC(C)CCCC(C)C. The minimum atomic E-state index is -0.0606. The summed E-state index contributed by atoms with van der Waals surface area (Å²) >= 11 is 3.29. The first kappa shape index (κ1) is 67.8. The minimum Gasteiger partial charge on any atom is -0.314 e. The third kappa shape index (κ3) is 18.8. The zero-order valence-corrected chi connectivity index (χ0v) is 55.9. The lowest BCUT2D eigenvalue weighted by molar-refractivity contribution is -0.124. The molecule has 4 heterocycles. The van der Waals surface area contributed by atoms with E-state index in [2.05, 4.69) is 133 Å². The smallest absolute Gasteiger partial charge is 0.260 e. The van der Waals surface area contributed by atoms with Gasteiger partial charge in [0.2, 0.25) is 12.8 Å². The van der Waals surface area contributed by atoms with E-state index >= 15 is 9.59 Å². The van der Waals surface area contributed by atoms with Gasteiger partial charge in [-0.25, -0.2) is 0 Å². The Balaban J connectivity index is 1.45. The molecule has 0 bridgehead atoms. The van der Waals surface area contributed by atoms with Gasteiger partial charge in [-0.1, -0.05) is 221 Å². The molecule has 2 aromatic heterocycles. The summed E-state index contributed by atoms with van der Waals surface area (Å²) in [5.74, 6) is 4.24. The fraction of sp³-hybridized carbons (Fsp3) is 0.568. The van der Waals surface area contributed by atoms with Crippen molar-refractivity contribution in [3.63, 3.8) is 0 Å². The molecular formula is C74H106N4O4S2. The first-order chi connectivity index (χ1) is 40.2. The van der Waals surface area contributed by atoms with Gasteiger partial charge in [-0.15, -0.1) is 22.7 Å². The summed E-state index contributed by atoms with van der Waals surface area (Å²) in [6.07, 6.45) is 19.1. The highest BCUT2D eigenvalue weighted by Gasteiger charge is 2.40. The molecule has 0 saturated carbocycles. The zero-order chi connectivity index (χ0) is 61.0. The van der Waals surface area contributed by atoms with Crippen molar-refractivity contribution < 1.29 is 19.2 Å². The van der Waals surface area contributed by atoms with E-state index in [4.69, 9.17) is 0 Å². The Hall–Kier alpha value is -5.32. The van der Waals surface area contributed by atoms with E-state index < -0.39 is 0 Å². The summed E-state index contributed by atoms with van der Waals surface area (Å²) < 4.78 is 0. The topological polar surface area (TPSA) is 81.2 Å². The number of carbonyl (C=O) groups is 4. The maximum Gasteiger partial charge on any atom is 0.260 e. The van der Waals surface area contributed by atoms with Crippen LogP contribution in [-0.2, 0) is 19.2 Å². The molecule has 6 rings (SSSR count). The Morgan fingerprint density at radius 2 is 0.810 bits per heavy atom. The van der Waals surface area contributed by atoms with E-state index in [0.717, 1.165) is 137 Å². The van der Waals surface area contributed by atoms with Crippen molar-refractivity contribution in [1.82, 2.24) is 19.6 Å². The van der Waals surface area contributed by atoms with E-state index in [0.29, 0.717) is 96.1 Å². The van der Waals surface area contributed by atoms with Gasteiger partial charge in [-0.05, 0) is 133 Å². The largest absolute Gasteiger partial charge is 0.314 e. The van der Waals surface area contributed by atoms with Crippen molar-refractivity contribution in [2.24, 2.45) is 47.3 Å². The predicted molar refractivity (Wildman–Crippen MR) is 358 cm³/mol. The standard InChI is InChI=1S/C74H106N4O4S2/c1-51(2)25-21-29-55(9)41-45-75(49-79)71(62-35-19-16-20-36-62)67-60(14)70(78(73(67)81)48-44-58(12)32-24-28-54(7)8)65-39-37-63(83-65)64-38-40-66(84-64)72(76(50-80)46-42-56(10)30-22-26-52(3)4)68-59(13)69(61-33-17-15-18-34-61)77(74(68)82)47-43-57(11)31-23-27-53(5)6/h15-20,33-40,49-58H,21-32,41-48H2,1-14H3/b71-67+,72-68+. The molecule has 4 aromatic rings. The van der Waals surface area contributed by atoms with Gasteiger partial charge in [0.25, 0.3) is 11.8 Å². The lowest BCUT2D eigenvalue weighted by Gasteiger charge is -2.26. The van der Waals surface area contributed by atoms with Crippen molar-refractivity contribution in [2.75, 3.05) is 26.2 Å². The molecule has 0 aliphatic carbocycles. The van der Waals surface area contributed by atoms with Gasteiger partial charge in [-0.2, -0.15) is 0 Å². The van der Waals surface area contributed by atoms with Crippen LogP contribution >= 0.6 is 22.7 Å². The van der Waals surface area contributed by atoms with E-state index in [1.165, 1.54) is 32.1 Å². The zero-order valence-electron chi connectivity index (χ0n) is 54.2. The number of nitrogens with zero attached hydrogens (tertiary/aromatic N) is 4. The molecule has 2 aromatic carbocycles. The van der Waals surface area contributed by atoms with Crippen LogP contribution < -0.4 is 0 Å². The van der Waals surface area contributed by atoms with Gasteiger partial charge in [0.1, 0.15) is 0 Å². The van der Waals surface area contributed by atoms with Crippen LogP contribution in [0.1, 0.15) is 221 Å². The normalized spacial score (nSPS) is 16.7. The van der Waals surface area contributed by atoms with Crippen LogP contribution in [0.3, 0.4) is 0 Å². The third-order valence-electron chi connectivity index (χ3n) is 17.6. The number of hydrogen-bond donors (Lipinski definition) is 0. The number of amides is 4. The maximum absolute atomic E-state index is 15.5. The van der Waals surface area contributed by atoms with Crippen LogP contribution in [0.15, 0.2) is 107 Å². The summed E-state index contributed by atoms with van der Waals surface area (Å²) in [5.41, 5.74) is 7.98. The highest BCUT2D eigenvalue weighted by atomic mass is 32.1. The number of hydrogen-bond acceptors (Lipinski definition) is 6. The quantitative estimate of drug-likeness (QED) is 0.0333. The van der Waals surface area contributed by atoms with Crippen LogP contribution in [0.5, 0.6) is 0 Å². The number of rotatable bonds is 37. The fourth-order valence-electron chi connectivity index (χ4n) is 12.3. The van der Waals surface area contributed by atoms with E-state index in [1.54, 1.807) is 27.6 Å². The van der Waals surface area contributed by atoms with Crippen molar-refractivity contribution in [3.8, 4) is 9.75 Å². The minimum absolute atomic E-state index is 0.0494. The van der Waals surface area contributed by atoms with Gasteiger partial charge in [0.05, 0.1) is 43.7 Å². The van der Waals surface area contributed by atoms with Crippen LogP contribution in [0.4, 0.5) is 0 Å². The van der Waals surface area contributed by atoms with Gasteiger partial charge in [0.15, 0.2) is 0 Å². The summed E-state index contributed by atoms with van der Waals surface area (Å²) in [5, 5.41) is 0. The second-order valence-corrected chi connectivity index (χ2v) is 29.0. The lowest BCUT2D eigenvalue weighted by Crippen LogP contribution is -2.30. The molecule has 10 heteroatoms. The van der Waals surface area contributed by atoms with Crippen LogP contribution in [-0.4, -0.2) is 70.4 Å². The van der Waals surface area contributed by atoms with E-state index in [9.17, 15) is 9.59 Å². The van der Waals surface area contributed by atoms with Crippen molar-refractivity contribution in [3.05, 3.63) is 128 Å². The average molecular weight is 1180 g/mol. The summed E-state index contributed by atoms with van der Waals surface area (Å²) in [6, 6.07) is 28.9. The van der Waals surface area contributed by atoms with Crippen LogP contribution in [0.2, 0.25) is 0 Å².